The van der Waals surface area contributed by atoms with Crippen molar-refractivity contribution in [3.8, 4) is 0 Å². The molecule has 3 N–H and O–H groups in total. The van der Waals surface area contributed by atoms with Gasteiger partial charge >= 0.3 is 5.97 Å². The molecule has 0 bridgehead atoms. The van der Waals surface area contributed by atoms with Gasteiger partial charge in [0.15, 0.2) is 7.37 Å². The second-order valence-electron chi connectivity index (χ2n) is 2.69. The summed E-state index contributed by atoms with van der Waals surface area (Å²) < 4.78 is 15.1. The van der Waals surface area contributed by atoms with Gasteiger partial charge in [0.1, 0.15) is 6.04 Å². The van der Waals surface area contributed by atoms with E-state index in [2.05, 4.69) is 4.74 Å². The van der Waals surface area contributed by atoms with E-state index in [0.29, 0.717) is 0 Å². The predicted molar refractivity (Wildman–Crippen MR) is 45.2 cm³/mol. The number of esters is 1. The molecule has 0 fully saturated rings. The van der Waals surface area contributed by atoms with Crippen molar-refractivity contribution >= 4 is 13.3 Å². The van der Waals surface area contributed by atoms with Crippen molar-refractivity contribution in [3.05, 3.63) is 0 Å². The summed E-state index contributed by atoms with van der Waals surface area (Å²) in [5.41, 5.74) is 5.33. The largest absolute Gasteiger partial charge is 0.468 e. The molecule has 0 saturated carbocycles. The minimum absolute atomic E-state index is 0.0449. The number of carbonyl (C=O) groups is 1. The second kappa shape index (κ2) is 4.60. The number of hydrogen-bond donors (Lipinski definition) is 2. The van der Waals surface area contributed by atoms with Crippen LogP contribution >= 0.6 is 7.37 Å². The molecular formula is C6H14NO4P. The van der Waals surface area contributed by atoms with Gasteiger partial charge < -0.3 is 15.4 Å². The van der Waals surface area contributed by atoms with E-state index >= 15 is 0 Å². The molecule has 0 aliphatic carbocycles. The van der Waals surface area contributed by atoms with Crippen LogP contribution in [0.4, 0.5) is 0 Å². The molecule has 2 atom stereocenters. The van der Waals surface area contributed by atoms with Crippen molar-refractivity contribution in [2.75, 3.05) is 19.9 Å². The maximum atomic E-state index is 10.8. The Bertz CT molecular complexity index is 200. The average Bonchev–Trinajstić information content (AvgIpc) is 1.97. The molecule has 0 aliphatic heterocycles. The lowest BCUT2D eigenvalue weighted by molar-refractivity contribution is -0.142. The lowest BCUT2D eigenvalue weighted by Gasteiger charge is -2.09. The van der Waals surface area contributed by atoms with E-state index in [4.69, 9.17) is 10.6 Å². The summed E-state index contributed by atoms with van der Waals surface area (Å²) >= 11 is 0. The van der Waals surface area contributed by atoms with Gasteiger partial charge in [-0.25, -0.2) is 0 Å². The molecule has 0 heterocycles. The first-order valence-corrected chi connectivity index (χ1v) is 5.78. The Morgan fingerprint density at radius 3 is 2.58 bits per heavy atom. The van der Waals surface area contributed by atoms with E-state index in [1.807, 2.05) is 0 Å². The summed E-state index contributed by atoms with van der Waals surface area (Å²) in [4.78, 5) is 19.6. The molecule has 5 nitrogen and oxygen atoms in total. The molecule has 6 heteroatoms. The summed E-state index contributed by atoms with van der Waals surface area (Å²) in [6.45, 7) is 1.23. The minimum atomic E-state index is -3.06. The number of rotatable bonds is 4. The molecule has 0 aromatic rings. The molecule has 12 heavy (non-hydrogen) atoms. The Morgan fingerprint density at radius 1 is 1.75 bits per heavy atom. The highest BCUT2D eigenvalue weighted by Crippen LogP contribution is 2.35. The van der Waals surface area contributed by atoms with Crippen LogP contribution in [0.3, 0.4) is 0 Å². The molecule has 0 spiro atoms. The fraction of sp³-hybridized carbons (Fsp3) is 0.833. The van der Waals surface area contributed by atoms with Gasteiger partial charge in [-0.3, -0.25) is 9.36 Å². The quantitative estimate of drug-likeness (QED) is 0.478. The number of carbonyl (C=O) groups excluding carboxylic acids is 1. The lowest BCUT2D eigenvalue weighted by Crippen LogP contribution is -2.32. The topological polar surface area (TPSA) is 89.6 Å². The predicted octanol–water partition coefficient (Wildman–Crippen LogP) is -0.223. The molecule has 0 saturated heterocycles. The fourth-order valence-electron chi connectivity index (χ4n) is 0.648. The van der Waals surface area contributed by atoms with E-state index in [1.165, 1.54) is 13.8 Å². The summed E-state index contributed by atoms with van der Waals surface area (Å²) in [5.74, 6) is -0.552. The van der Waals surface area contributed by atoms with Crippen molar-refractivity contribution in [2.45, 2.75) is 12.5 Å². The second-order valence-corrected chi connectivity index (χ2v) is 5.24. The summed E-state index contributed by atoms with van der Waals surface area (Å²) in [7, 11) is -1.83. The fourth-order valence-corrected chi connectivity index (χ4v) is 1.41. The molecule has 0 rings (SSSR count). The highest BCUT2D eigenvalue weighted by molar-refractivity contribution is 7.57. The van der Waals surface area contributed by atoms with Crippen molar-refractivity contribution in [2.24, 2.45) is 5.73 Å². The minimum Gasteiger partial charge on any atom is -0.468 e. The van der Waals surface area contributed by atoms with E-state index in [9.17, 15) is 9.36 Å². The molecule has 2 unspecified atom stereocenters. The maximum absolute atomic E-state index is 10.8. The van der Waals surface area contributed by atoms with Gasteiger partial charge in [0.2, 0.25) is 0 Å². The standard InChI is InChI=1S/C6H14NO4P/c1-11-6(8)5(7)3-4-12(2,9)10/h5H,3-4,7H2,1-2H3,(H,9,10). The zero-order valence-corrected chi connectivity index (χ0v) is 8.08. The van der Waals surface area contributed by atoms with Gasteiger partial charge in [-0.05, 0) is 6.42 Å². The third-order valence-electron chi connectivity index (χ3n) is 1.36. The van der Waals surface area contributed by atoms with Crippen molar-refractivity contribution in [3.63, 3.8) is 0 Å². The number of ether oxygens (including phenoxy) is 1. The third kappa shape index (κ3) is 5.29. The van der Waals surface area contributed by atoms with Crippen LogP contribution in [0.1, 0.15) is 6.42 Å². The smallest absolute Gasteiger partial charge is 0.322 e. The number of methoxy groups -OCH3 is 1. The molecule has 0 aliphatic rings. The summed E-state index contributed by atoms with van der Waals surface area (Å²) in [6, 6.07) is -0.796. The van der Waals surface area contributed by atoms with E-state index in [1.54, 1.807) is 0 Å². The van der Waals surface area contributed by atoms with Gasteiger partial charge in [-0.15, -0.1) is 0 Å². The van der Waals surface area contributed by atoms with Crippen molar-refractivity contribution < 1.29 is 19.0 Å². The third-order valence-corrected chi connectivity index (χ3v) is 2.45. The lowest BCUT2D eigenvalue weighted by atomic mass is 10.2. The normalized spacial score (nSPS) is 18.0. The number of hydrogen-bond acceptors (Lipinski definition) is 4. The molecule has 0 aromatic heterocycles. The van der Waals surface area contributed by atoms with Crippen LogP contribution in [0.5, 0.6) is 0 Å². The van der Waals surface area contributed by atoms with Crippen LogP contribution in [0.2, 0.25) is 0 Å². The highest BCUT2D eigenvalue weighted by atomic mass is 31.2. The van der Waals surface area contributed by atoms with Gasteiger partial charge in [0.05, 0.1) is 7.11 Å². The Kier molecular flexibility index (Phi) is 4.45. The van der Waals surface area contributed by atoms with Crippen LogP contribution < -0.4 is 5.73 Å². The Labute approximate surface area is 71.3 Å². The monoisotopic (exact) mass is 195 g/mol. The van der Waals surface area contributed by atoms with Crippen LogP contribution in [0.15, 0.2) is 0 Å². The average molecular weight is 195 g/mol. The van der Waals surface area contributed by atoms with Crippen LogP contribution in [-0.2, 0) is 14.1 Å². The van der Waals surface area contributed by atoms with Gasteiger partial charge in [-0.1, -0.05) is 0 Å². The first-order valence-electron chi connectivity index (χ1n) is 3.49. The molecule has 0 radical (unpaired) electrons. The molecule has 0 aromatic carbocycles. The first-order chi connectivity index (χ1) is 5.37. The Balaban J connectivity index is 3.79. The van der Waals surface area contributed by atoms with Crippen LogP contribution in [0.25, 0.3) is 0 Å². The SMILES string of the molecule is COC(=O)C(N)CCP(C)(=O)O. The zero-order valence-electron chi connectivity index (χ0n) is 7.19. The van der Waals surface area contributed by atoms with Crippen LogP contribution in [-0.4, -0.2) is 36.8 Å². The molecule has 0 amide bonds. The highest BCUT2D eigenvalue weighted by Gasteiger charge is 2.18. The van der Waals surface area contributed by atoms with Crippen molar-refractivity contribution in [1.82, 2.24) is 0 Å². The van der Waals surface area contributed by atoms with Gasteiger partial charge in [0.25, 0.3) is 0 Å². The van der Waals surface area contributed by atoms with Gasteiger partial charge in [0, 0.05) is 12.8 Å². The maximum Gasteiger partial charge on any atom is 0.322 e. The van der Waals surface area contributed by atoms with E-state index < -0.39 is 19.4 Å². The summed E-state index contributed by atoms with van der Waals surface area (Å²) in [6.07, 6.45) is 0.222. The van der Waals surface area contributed by atoms with E-state index in [0.717, 1.165) is 0 Å². The Morgan fingerprint density at radius 2 is 2.25 bits per heavy atom. The first kappa shape index (κ1) is 11.6. The van der Waals surface area contributed by atoms with Crippen molar-refractivity contribution in [1.29, 1.82) is 0 Å². The number of nitrogens with two attached hydrogens (primary N) is 1. The Hall–Kier alpha value is -0.380. The molecular weight excluding hydrogens is 181 g/mol. The molecule has 72 valence electrons. The van der Waals surface area contributed by atoms with Gasteiger partial charge in [-0.2, -0.15) is 0 Å². The zero-order chi connectivity index (χ0) is 9.78. The van der Waals surface area contributed by atoms with E-state index in [-0.39, 0.29) is 12.6 Å². The summed E-state index contributed by atoms with van der Waals surface area (Å²) in [5, 5.41) is 0. The van der Waals surface area contributed by atoms with Crippen LogP contribution in [0, 0.1) is 0 Å².